The molecule has 1 aliphatic heterocycles. The van der Waals surface area contributed by atoms with E-state index in [4.69, 9.17) is 0 Å². The van der Waals surface area contributed by atoms with Gasteiger partial charge in [0.2, 0.25) is 0 Å². The fourth-order valence-electron chi connectivity index (χ4n) is 2.74. The Morgan fingerprint density at radius 1 is 1.33 bits per heavy atom. The number of hydrogen-bond acceptors (Lipinski definition) is 2. The number of rotatable bonds is 4. The Morgan fingerprint density at radius 3 is 2.47 bits per heavy atom. The average molecular weight is 208 g/mol. The molecule has 0 aromatic heterocycles. The smallest absolute Gasteiger partial charge is 0.0196 e. The van der Waals surface area contributed by atoms with Gasteiger partial charge in [0.1, 0.15) is 0 Å². The van der Waals surface area contributed by atoms with Crippen LogP contribution in [0.15, 0.2) is 11.1 Å². The summed E-state index contributed by atoms with van der Waals surface area (Å²) in [5.41, 5.74) is 3.26. The van der Waals surface area contributed by atoms with Gasteiger partial charge in [0, 0.05) is 25.7 Å². The van der Waals surface area contributed by atoms with E-state index in [0.717, 1.165) is 19.1 Å². The minimum atomic E-state index is 0.874. The summed E-state index contributed by atoms with van der Waals surface area (Å²) in [6.07, 6.45) is 5.74. The Hall–Kier alpha value is -0.340. The summed E-state index contributed by atoms with van der Waals surface area (Å²) in [6.45, 7) is 9.30. The molecule has 0 bridgehead atoms. The molecule has 2 fully saturated rings. The van der Waals surface area contributed by atoms with Gasteiger partial charge in [0.15, 0.2) is 0 Å². The van der Waals surface area contributed by atoms with Gasteiger partial charge in [-0.15, -0.1) is 0 Å². The molecule has 2 heteroatoms. The Bertz CT molecular complexity index is 233. The van der Waals surface area contributed by atoms with E-state index in [9.17, 15) is 0 Å². The van der Waals surface area contributed by atoms with Crippen molar-refractivity contribution in [3.8, 4) is 0 Å². The summed E-state index contributed by atoms with van der Waals surface area (Å²) in [4.78, 5) is 2.67. The fraction of sp³-hybridized carbons (Fsp3) is 0.846. The Kier molecular flexibility index (Phi) is 3.81. The number of likely N-dealkylation sites (N-methyl/N-ethyl adjacent to an activating group) is 1. The largest absolute Gasteiger partial charge is 0.309 e. The summed E-state index contributed by atoms with van der Waals surface area (Å²) in [7, 11) is 0. The van der Waals surface area contributed by atoms with Crippen LogP contribution in [0.3, 0.4) is 0 Å². The normalized spacial score (nSPS) is 22.2. The van der Waals surface area contributed by atoms with Crippen LogP contribution in [0.25, 0.3) is 0 Å². The van der Waals surface area contributed by atoms with Gasteiger partial charge in [0.05, 0.1) is 0 Å². The van der Waals surface area contributed by atoms with E-state index in [1.54, 1.807) is 11.1 Å². The zero-order valence-corrected chi connectivity index (χ0v) is 10.2. The Balaban J connectivity index is 1.89. The third-order valence-electron chi connectivity index (χ3n) is 3.97. The molecule has 1 saturated carbocycles. The van der Waals surface area contributed by atoms with Gasteiger partial charge in [-0.2, -0.15) is 0 Å². The minimum Gasteiger partial charge on any atom is -0.309 e. The molecule has 15 heavy (non-hydrogen) atoms. The lowest BCUT2D eigenvalue weighted by molar-refractivity contribution is 0.225. The van der Waals surface area contributed by atoms with Crippen LogP contribution in [0, 0.1) is 0 Å². The molecule has 0 amide bonds. The van der Waals surface area contributed by atoms with E-state index in [1.165, 1.54) is 38.8 Å². The van der Waals surface area contributed by atoms with Gasteiger partial charge < -0.3 is 5.32 Å². The average Bonchev–Trinajstić information content (AvgIpc) is 2.63. The summed E-state index contributed by atoms with van der Waals surface area (Å²) in [5, 5.41) is 3.33. The van der Waals surface area contributed by atoms with Crippen molar-refractivity contribution in [3.05, 3.63) is 11.1 Å². The maximum absolute atomic E-state index is 3.33. The first kappa shape index (κ1) is 11.2. The van der Waals surface area contributed by atoms with Crippen LogP contribution in [-0.4, -0.2) is 37.1 Å². The SMILES string of the molecule is CCN(CC(C)=C1CNC1)C1CCCC1. The van der Waals surface area contributed by atoms with Crippen molar-refractivity contribution in [1.82, 2.24) is 10.2 Å². The summed E-state index contributed by atoms with van der Waals surface area (Å²) in [6, 6.07) is 0.874. The molecule has 0 aromatic carbocycles. The number of hydrogen-bond donors (Lipinski definition) is 1. The second-order valence-electron chi connectivity index (χ2n) is 4.99. The van der Waals surface area contributed by atoms with Crippen molar-refractivity contribution >= 4 is 0 Å². The second kappa shape index (κ2) is 5.13. The van der Waals surface area contributed by atoms with E-state index in [0.29, 0.717) is 0 Å². The first-order valence-corrected chi connectivity index (χ1v) is 6.43. The van der Waals surface area contributed by atoms with Gasteiger partial charge >= 0.3 is 0 Å². The van der Waals surface area contributed by atoms with Crippen molar-refractivity contribution in [2.45, 2.75) is 45.6 Å². The first-order valence-electron chi connectivity index (χ1n) is 6.43. The van der Waals surface area contributed by atoms with Crippen LogP contribution in [-0.2, 0) is 0 Å². The first-order chi connectivity index (χ1) is 7.31. The fourth-order valence-corrected chi connectivity index (χ4v) is 2.74. The van der Waals surface area contributed by atoms with Gasteiger partial charge in [-0.3, -0.25) is 4.90 Å². The molecule has 0 atom stereocenters. The topological polar surface area (TPSA) is 15.3 Å². The molecule has 2 aliphatic rings. The number of nitrogens with one attached hydrogen (secondary N) is 1. The van der Waals surface area contributed by atoms with Crippen LogP contribution in [0.2, 0.25) is 0 Å². The molecular weight excluding hydrogens is 184 g/mol. The van der Waals surface area contributed by atoms with Crippen molar-refractivity contribution in [3.63, 3.8) is 0 Å². The highest BCUT2D eigenvalue weighted by molar-refractivity contribution is 5.22. The van der Waals surface area contributed by atoms with Crippen molar-refractivity contribution in [2.75, 3.05) is 26.2 Å². The Morgan fingerprint density at radius 2 is 2.00 bits per heavy atom. The minimum absolute atomic E-state index is 0.874. The standard InChI is InChI=1S/C13H24N2/c1-3-15(13-6-4-5-7-13)10-11(2)12-8-14-9-12/h13-14H,3-10H2,1-2H3. The van der Waals surface area contributed by atoms with Gasteiger partial charge in [-0.05, 0) is 31.9 Å². The maximum Gasteiger partial charge on any atom is 0.0196 e. The summed E-state index contributed by atoms with van der Waals surface area (Å²) >= 11 is 0. The molecule has 0 aromatic rings. The van der Waals surface area contributed by atoms with Crippen molar-refractivity contribution in [2.24, 2.45) is 0 Å². The Labute approximate surface area is 93.7 Å². The monoisotopic (exact) mass is 208 g/mol. The van der Waals surface area contributed by atoms with Crippen molar-refractivity contribution < 1.29 is 0 Å². The second-order valence-corrected chi connectivity index (χ2v) is 4.99. The number of nitrogens with zero attached hydrogens (tertiary/aromatic N) is 1. The summed E-state index contributed by atoms with van der Waals surface area (Å²) in [5.74, 6) is 0. The van der Waals surface area contributed by atoms with Crippen LogP contribution >= 0.6 is 0 Å². The summed E-state index contributed by atoms with van der Waals surface area (Å²) < 4.78 is 0. The zero-order valence-electron chi connectivity index (χ0n) is 10.2. The molecule has 2 rings (SSSR count). The van der Waals surface area contributed by atoms with E-state index >= 15 is 0 Å². The third kappa shape index (κ3) is 2.61. The third-order valence-corrected chi connectivity index (χ3v) is 3.97. The maximum atomic E-state index is 3.33. The van der Waals surface area contributed by atoms with E-state index < -0.39 is 0 Å². The lowest BCUT2D eigenvalue weighted by Gasteiger charge is -2.30. The zero-order chi connectivity index (χ0) is 10.7. The lowest BCUT2D eigenvalue weighted by atomic mass is 10.0. The van der Waals surface area contributed by atoms with E-state index in [2.05, 4.69) is 24.1 Å². The molecular formula is C13H24N2. The van der Waals surface area contributed by atoms with Crippen LogP contribution in [0.4, 0.5) is 0 Å². The van der Waals surface area contributed by atoms with Gasteiger partial charge in [-0.25, -0.2) is 0 Å². The molecule has 0 spiro atoms. The van der Waals surface area contributed by atoms with Crippen LogP contribution in [0.1, 0.15) is 39.5 Å². The predicted molar refractivity (Wildman–Crippen MR) is 65.1 cm³/mol. The molecule has 86 valence electrons. The van der Waals surface area contributed by atoms with E-state index in [-0.39, 0.29) is 0 Å². The van der Waals surface area contributed by atoms with Crippen molar-refractivity contribution in [1.29, 1.82) is 0 Å². The molecule has 0 unspecified atom stereocenters. The van der Waals surface area contributed by atoms with Gasteiger partial charge in [-0.1, -0.05) is 25.3 Å². The quantitative estimate of drug-likeness (QED) is 0.712. The molecule has 1 N–H and O–H groups in total. The molecule has 1 aliphatic carbocycles. The predicted octanol–water partition coefficient (Wildman–Crippen LogP) is 2.17. The highest BCUT2D eigenvalue weighted by Crippen LogP contribution is 2.24. The molecule has 2 nitrogen and oxygen atoms in total. The highest BCUT2D eigenvalue weighted by atomic mass is 15.2. The van der Waals surface area contributed by atoms with Crippen LogP contribution < -0.4 is 5.32 Å². The van der Waals surface area contributed by atoms with Gasteiger partial charge in [0.25, 0.3) is 0 Å². The van der Waals surface area contributed by atoms with Crippen LogP contribution in [0.5, 0.6) is 0 Å². The molecule has 1 heterocycles. The molecule has 1 saturated heterocycles. The van der Waals surface area contributed by atoms with E-state index in [1.807, 2.05) is 0 Å². The lowest BCUT2D eigenvalue weighted by Crippen LogP contribution is -2.39. The molecule has 0 radical (unpaired) electrons. The highest BCUT2D eigenvalue weighted by Gasteiger charge is 2.22.